The average molecular weight is 458 g/mol. The summed E-state index contributed by atoms with van der Waals surface area (Å²) >= 11 is 6.87. The molecule has 0 atom stereocenters. The minimum atomic E-state index is -1.16. The normalized spacial score (nSPS) is 19.2. The van der Waals surface area contributed by atoms with E-state index in [0.717, 1.165) is 4.47 Å². The van der Waals surface area contributed by atoms with Crippen LogP contribution in [0.4, 0.5) is 0 Å². The van der Waals surface area contributed by atoms with Crippen molar-refractivity contribution in [2.45, 2.75) is 38.5 Å². The number of hydrogen-bond donors (Lipinski definition) is 0. The van der Waals surface area contributed by atoms with Crippen LogP contribution in [0.3, 0.4) is 0 Å². The van der Waals surface area contributed by atoms with Gasteiger partial charge in [0.2, 0.25) is 0 Å². The number of rotatable bonds is 5. The highest BCUT2D eigenvalue weighted by molar-refractivity contribution is 9.11. The highest BCUT2D eigenvalue weighted by Gasteiger charge is 2.37. The molecule has 0 N–H and O–H groups in total. The lowest BCUT2D eigenvalue weighted by Crippen LogP contribution is -2.35. The van der Waals surface area contributed by atoms with Crippen LogP contribution in [0.5, 0.6) is 5.75 Å². The first-order chi connectivity index (χ1) is 11.5. The smallest absolute Gasteiger partial charge is 0.182 e. The molecule has 0 aromatic heterocycles. The van der Waals surface area contributed by atoms with E-state index >= 15 is 0 Å². The number of benzene rings is 1. The molecule has 0 bridgehead atoms. The van der Waals surface area contributed by atoms with Crippen LogP contribution in [0.1, 0.15) is 48.9 Å². The van der Waals surface area contributed by atoms with Gasteiger partial charge in [-0.05, 0) is 69.2 Å². The van der Waals surface area contributed by atoms with Crippen LogP contribution < -0.4 is 4.74 Å². The summed E-state index contributed by atoms with van der Waals surface area (Å²) in [6, 6.07) is 3.35. The SMILES string of the molecule is O=C1CCCC(=O)C1C(=O)c1ccc(Br)c(OCC2CCC2)c1Br. The van der Waals surface area contributed by atoms with E-state index in [9.17, 15) is 14.4 Å². The molecular formula is C18H18Br2O4. The number of ether oxygens (including phenoxy) is 1. The Balaban J connectivity index is 1.85. The van der Waals surface area contributed by atoms with Gasteiger partial charge in [-0.25, -0.2) is 0 Å². The minimum Gasteiger partial charge on any atom is -0.491 e. The molecule has 128 valence electrons. The van der Waals surface area contributed by atoms with E-state index in [1.807, 2.05) is 0 Å². The van der Waals surface area contributed by atoms with Gasteiger partial charge in [-0.2, -0.15) is 0 Å². The van der Waals surface area contributed by atoms with Crippen molar-refractivity contribution in [1.29, 1.82) is 0 Å². The van der Waals surface area contributed by atoms with Gasteiger partial charge in [0.05, 0.1) is 15.6 Å². The predicted molar refractivity (Wildman–Crippen MR) is 96.4 cm³/mol. The fraction of sp³-hybridized carbons (Fsp3) is 0.500. The first-order valence-electron chi connectivity index (χ1n) is 8.19. The highest BCUT2D eigenvalue weighted by Crippen LogP contribution is 2.39. The summed E-state index contributed by atoms with van der Waals surface area (Å²) in [5, 5.41) is 0. The van der Waals surface area contributed by atoms with Crippen molar-refractivity contribution in [3.8, 4) is 5.75 Å². The summed E-state index contributed by atoms with van der Waals surface area (Å²) in [7, 11) is 0. The Morgan fingerprint density at radius 3 is 2.33 bits per heavy atom. The van der Waals surface area contributed by atoms with Crippen molar-refractivity contribution in [3.63, 3.8) is 0 Å². The Hall–Kier alpha value is -1.01. The first-order valence-corrected chi connectivity index (χ1v) is 9.78. The van der Waals surface area contributed by atoms with E-state index in [0.29, 0.717) is 47.6 Å². The zero-order valence-corrected chi connectivity index (χ0v) is 16.3. The van der Waals surface area contributed by atoms with E-state index in [4.69, 9.17) is 4.74 Å². The van der Waals surface area contributed by atoms with Crippen molar-refractivity contribution in [2.75, 3.05) is 6.61 Å². The lowest BCUT2D eigenvalue weighted by molar-refractivity contribution is -0.133. The van der Waals surface area contributed by atoms with Gasteiger partial charge in [-0.1, -0.05) is 6.42 Å². The summed E-state index contributed by atoms with van der Waals surface area (Å²) < 4.78 is 7.14. The molecule has 24 heavy (non-hydrogen) atoms. The van der Waals surface area contributed by atoms with E-state index in [1.54, 1.807) is 12.1 Å². The van der Waals surface area contributed by atoms with Crippen molar-refractivity contribution < 1.29 is 19.1 Å². The fourth-order valence-corrected chi connectivity index (χ4v) is 4.44. The standard InChI is InChI=1S/C18H18Br2O4/c19-12-8-7-11(16(20)18(12)24-9-10-3-1-4-10)17(23)15-13(21)5-2-6-14(15)22/h7-8,10,15H,1-6,9H2. The number of carbonyl (C=O) groups is 3. The Kier molecular flexibility index (Phi) is 5.55. The van der Waals surface area contributed by atoms with Gasteiger partial charge in [0, 0.05) is 18.4 Å². The van der Waals surface area contributed by atoms with Crippen LogP contribution in [0.2, 0.25) is 0 Å². The Morgan fingerprint density at radius 2 is 1.75 bits per heavy atom. The second-order valence-corrected chi connectivity index (χ2v) is 8.08. The van der Waals surface area contributed by atoms with Crippen molar-refractivity contribution >= 4 is 49.2 Å². The lowest BCUT2D eigenvalue weighted by atomic mass is 9.81. The third-order valence-electron chi connectivity index (χ3n) is 4.76. The maximum atomic E-state index is 12.8. The molecule has 6 heteroatoms. The summed E-state index contributed by atoms with van der Waals surface area (Å²) in [4.78, 5) is 36.9. The molecular weight excluding hydrogens is 440 g/mol. The van der Waals surface area contributed by atoms with Gasteiger partial charge < -0.3 is 4.74 Å². The average Bonchev–Trinajstić information content (AvgIpc) is 2.48. The highest BCUT2D eigenvalue weighted by atomic mass is 79.9. The molecule has 2 aliphatic carbocycles. The predicted octanol–water partition coefficient (Wildman–Crippen LogP) is 4.51. The maximum Gasteiger partial charge on any atom is 0.182 e. The maximum absolute atomic E-state index is 12.8. The third kappa shape index (κ3) is 3.49. The molecule has 2 fully saturated rings. The van der Waals surface area contributed by atoms with E-state index in [2.05, 4.69) is 31.9 Å². The van der Waals surface area contributed by atoms with Crippen LogP contribution in [0.15, 0.2) is 21.1 Å². The number of hydrogen-bond acceptors (Lipinski definition) is 4. The van der Waals surface area contributed by atoms with Crippen molar-refractivity contribution in [1.82, 2.24) is 0 Å². The molecule has 0 heterocycles. The van der Waals surface area contributed by atoms with E-state index in [1.165, 1.54) is 19.3 Å². The summed E-state index contributed by atoms with van der Waals surface area (Å²) in [5.41, 5.74) is 0.329. The molecule has 3 rings (SSSR count). The molecule has 0 spiro atoms. The second-order valence-electron chi connectivity index (χ2n) is 6.43. The number of Topliss-reactive ketones (excluding diaryl/α,β-unsaturated/α-hetero) is 3. The zero-order valence-electron chi connectivity index (χ0n) is 13.1. The van der Waals surface area contributed by atoms with E-state index < -0.39 is 11.7 Å². The summed E-state index contributed by atoms with van der Waals surface area (Å²) in [6.07, 6.45) is 4.69. The molecule has 1 aromatic rings. The zero-order chi connectivity index (χ0) is 17.3. The largest absolute Gasteiger partial charge is 0.491 e. The van der Waals surface area contributed by atoms with Crippen LogP contribution in [0.25, 0.3) is 0 Å². The third-order valence-corrected chi connectivity index (χ3v) is 6.17. The summed E-state index contributed by atoms with van der Waals surface area (Å²) in [6.45, 7) is 0.607. The molecule has 1 aromatic carbocycles. The van der Waals surface area contributed by atoms with Crippen molar-refractivity contribution in [3.05, 3.63) is 26.6 Å². The fourth-order valence-electron chi connectivity index (χ4n) is 3.07. The van der Waals surface area contributed by atoms with Crippen LogP contribution in [0, 0.1) is 11.8 Å². The summed E-state index contributed by atoms with van der Waals surface area (Å²) in [5.74, 6) is -1.02. The van der Waals surface area contributed by atoms with Gasteiger partial charge in [-0.3, -0.25) is 14.4 Å². The molecule has 0 amide bonds. The van der Waals surface area contributed by atoms with Gasteiger partial charge in [0.15, 0.2) is 17.3 Å². The minimum absolute atomic E-state index is 0.275. The van der Waals surface area contributed by atoms with Gasteiger partial charge in [-0.15, -0.1) is 0 Å². The molecule has 2 saturated carbocycles. The topological polar surface area (TPSA) is 60.4 Å². The second kappa shape index (κ2) is 7.48. The molecule has 0 saturated heterocycles. The number of ketones is 3. The van der Waals surface area contributed by atoms with Crippen molar-refractivity contribution in [2.24, 2.45) is 11.8 Å². The van der Waals surface area contributed by atoms with Crippen LogP contribution in [-0.2, 0) is 9.59 Å². The number of halogens is 2. The first kappa shape index (κ1) is 17.8. The quantitative estimate of drug-likeness (QED) is 0.482. The van der Waals surface area contributed by atoms with Gasteiger partial charge in [0.25, 0.3) is 0 Å². The molecule has 2 aliphatic rings. The van der Waals surface area contributed by atoms with E-state index in [-0.39, 0.29) is 11.6 Å². The van der Waals surface area contributed by atoms with Gasteiger partial charge in [0.1, 0.15) is 11.7 Å². The monoisotopic (exact) mass is 456 g/mol. The van der Waals surface area contributed by atoms with Gasteiger partial charge >= 0.3 is 0 Å². The molecule has 0 unspecified atom stereocenters. The Morgan fingerprint density at radius 1 is 1.08 bits per heavy atom. The molecule has 0 aliphatic heterocycles. The lowest BCUT2D eigenvalue weighted by Gasteiger charge is -2.26. The van der Waals surface area contributed by atoms with Crippen LogP contribution >= 0.6 is 31.9 Å². The number of carbonyl (C=O) groups excluding carboxylic acids is 3. The Labute approximate surface area is 157 Å². The molecule has 4 nitrogen and oxygen atoms in total. The molecule has 0 radical (unpaired) electrons. The van der Waals surface area contributed by atoms with Crippen LogP contribution in [-0.4, -0.2) is 24.0 Å². The Bertz CT molecular complexity index is 679.